The maximum Gasteiger partial charge on any atom is 4.00 e. The quantitative estimate of drug-likeness (QED) is 0.301. The molecule has 0 rings (SSSR count). The molecule has 0 radical (unpaired) electrons. The average molecular weight is 359 g/mol. The van der Waals surface area contributed by atoms with Gasteiger partial charge in [0, 0.05) is 0 Å². The minimum Gasteiger partial charge on any atom is -0.867 e. The second-order valence-corrected chi connectivity index (χ2v) is 1.10. The molecule has 0 N–H and O–H groups in total. The van der Waals surface area contributed by atoms with Gasteiger partial charge in [-0.05, 0) is 0 Å². The molecule has 0 aromatic carbocycles. The van der Waals surface area contributed by atoms with Gasteiger partial charge in [-0.2, -0.15) is 0 Å². The summed E-state index contributed by atoms with van der Waals surface area (Å²) in [6, 6.07) is 0. The Morgan fingerprint density at radius 1 is 0.389 bits per heavy atom. The summed E-state index contributed by atoms with van der Waals surface area (Å²) in [7, 11) is -12.7. The summed E-state index contributed by atoms with van der Waals surface area (Å²) in [5.41, 5.74) is 0. The maximum atomic E-state index is 9.89. The van der Waals surface area contributed by atoms with Crippen LogP contribution in [0.4, 0.5) is 17.3 Å². The molecule has 0 unspecified atom stereocenters. The molecule has 0 saturated heterocycles. The fourth-order valence-electron chi connectivity index (χ4n) is 0. The van der Waals surface area contributed by atoms with Gasteiger partial charge in [-0.25, -0.2) is 0 Å². The van der Waals surface area contributed by atoms with E-state index in [0.717, 1.165) is 0 Å². The fraction of sp³-hybridized carbons (Fsp3) is 0. The molecular weight excluding hydrogens is 359 g/mol. The van der Waals surface area contributed by atoms with E-state index in [9.17, 15) is 17.3 Å². The molecule has 0 aliphatic rings. The fourth-order valence-corrected chi connectivity index (χ4v) is 0. The number of rotatable bonds is 0. The molecule has 0 atom stereocenters. The predicted molar refractivity (Wildman–Crippen MR) is 27.4 cm³/mol. The first kappa shape index (κ1) is 36.3. The maximum absolute atomic E-state index is 9.89. The molecule has 0 fully saturated rings. The minimum absolute atomic E-state index is 0. The van der Waals surface area contributed by atoms with Gasteiger partial charge in [-0.1, -0.05) is 0 Å². The summed E-state index contributed by atoms with van der Waals surface area (Å²) < 4.78 is 39.6. The molecule has 8 nitrogen and oxygen atoms in total. The third-order valence-corrected chi connectivity index (χ3v) is 0. The van der Waals surface area contributed by atoms with E-state index in [1.807, 2.05) is 0 Å². The summed E-state index contributed by atoms with van der Waals surface area (Å²) >= 11 is 0. The van der Waals surface area contributed by atoms with Crippen molar-refractivity contribution in [3.05, 3.63) is 0 Å². The minimum atomic E-state index is -3.17. The van der Waals surface area contributed by atoms with Crippen LogP contribution in [0.1, 0.15) is 0 Å². The summed E-state index contributed by atoms with van der Waals surface area (Å²) in [4.78, 5) is 0. The molecule has 18 heteroatoms. The van der Waals surface area contributed by atoms with Crippen LogP contribution in [-0.2, 0) is 34.1 Å². The van der Waals surface area contributed by atoms with Crippen molar-refractivity contribution in [1.82, 2.24) is 0 Å². The van der Waals surface area contributed by atoms with Gasteiger partial charge >= 0.3 is 34.1 Å². The van der Waals surface area contributed by atoms with E-state index in [0.29, 0.717) is 0 Å². The van der Waals surface area contributed by atoms with Crippen molar-refractivity contribution in [1.29, 1.82) is 0 Å². The zero-order valence-corrected chi connectivity index (χ0v) is 10.0. The molecule has 0 aromatic rings. The van der Waals surface area contributed by atoms with Crippen LogP contribution in [0.25, 0.3) is 0 Å². The molecule has 0 amide bonds. The van der Waals surface area contributed by atoms with E-state index in [1.54, 1.807) is 0 Å². The van der Waals surface area contributed by atoms with Crippen molar-refractivity contribution in [2.45, 2.75) is 0 Å². The first-order valence-corrected chi connectivity index (χ1v) is 2.76. The van der Waals surface area contributed by atoms with Crippen molar-refractivity contribution >= 4 is 29.6 Å². The Balaban J connectivity index is -0.0000000257. The first-order valence-electron chi connectivity index (χ1n) is 2.76. The van der Waals surface area contributed by atoms with Crippen LogP contribution in [0.5, 0.6) is 0 Å². The molecular formula is B4F4Fe2O8. The van der Waals surface area contributed by atoms with Gasteiger partial charge in [0.05, 0.1) is 0 Å². The zero-order chi connectivity index (χ0) is 14.3. The SMILES string of the molecule is [Fe+4].[Fe+4].[O-]B([O-])F.[O-]B([O-])F.[O-]B([O-])F.[O-]B([O-])F. The van der Waals surface area contributed by atoms with Gasteiger partial charge in [0.15, 0.2) is 0 Å². The van der Waals surface area contributed by atoms with E-state index in [2.05, 4.69) is 0 Å². The summed E-state index contributed by atoms with van der Waals surface area (Å²) in [6.45, 7) is 0. The average Bonchev–Trinajstić information content (AvgIpc) is 1.76. The van der Waals surface area contributed by atoms with Gasteiger partial charge in [-0.3, -0.25) is 0 Å². The smallest absolute Gasteiger partial charge is 0.867 e. The third-order valence-electron chi connectivity index (χ3n) is 0. The van der Waals surface area contributed by atoms with Gasteiger partial charge in [-0.15, -0.1) is 0 Å². The molecule has 0 aliphatic heterocycles. The first-order chi connectivity index (χ1) is 6.93. The van der Waals surface area contributed by atoms with E-state index in [1.165, 1.54) is 0 Å². The van der Waals surface area contributed by atoms with Crippen LogP contribution >= 0.6 is 0 Å². The van der Waals surface area contributed by atoms with E-state index < -0.39 is 29.6 Å². The van der Waals surface area contributed by atoms with Crippen LogP contribution in [0.2, 0.25) is 0 Å². The van der Waals surface area contributed by atoms with Crippen LogP contribution in [0.3, 0.4) is 0 Å². The van der Waals surface area contributed by atoms with Crippen LogP contribution in [-0.4, -0.2) is 29.6 Å². The van der Waals surface area contributed by atoms with Crippen LogP contribution in [0, 0.1) is 0 Å². The van der Waals surface area contributed by atoms with Crippen LogP contribution < -0.4 is 40.2 Å². The van der Waals surface area contributed by atoms with Crippen molar-refractivity contribution in [2.24, 2.45) is 0 Å². The largest absolute Gasteiger partial charge is 4.00 e. The summed E-state index contributed by atoms with van der Waals surface area (Å²) in [6.07, 6.45) is 0. The van der Waals surface area contributed by atoms with Gasteiger partial charge in [0.2, 0.25) is 0 Å². The van der Waals surface area contributed by atoms with Gasteiger partial charge in [0.25, 0.3) is 0 Å². The Hall–Kier alpha value is 0.699. The van der Waals surface area contributed by atoms with Gasteiger partial charge < -0.3 is 57.5 Å². The molecule has 0 saturated carbocycles. The summed E-state index contributed by atoms with van der Waals surface area (Å²) in [5.74, 6) is 0. The number of hydrogen-bond donors (Lipinski definition) is 0. The Labute approximate surface area is 121 Å². The Morgan fingerprint density at radius 2 is 0.389 bits per heavy atom. The van der Waals surface area contributed by atoms with Crippen molar-refractivity contribution < 1.29 is 91.6 Å². The van der Waals surface area contributed by atoms with Gasteiger partial charge in [0.1, 0.15) is 29.6 Å². The Kier molecular flexibility index (Phi) is 61.8. The number of halogens is 4. The monoisotopic (exact) mass is 360 g/mol. The predicted octanol–water partition coefficient (Wildman–Crippen LogP) is -9.36. The summed E-state index contributed by atoms with van der Waals surface area (Å²) in [5, 5.41) is 66.4. The second kappa shape index (κ2) is 30.6. The Morgan fingerprint density at radius 3 is 0.389 bits per heavy atom. The normalized spacial score (nSPS) is 6.00. The molecule has 0 aliphatic carbocycles. The van der Waals surface area contributed by atoms with Crippen LogP contribution in [0.15, 0.2) is 0 Å². The molecule has 0 spiro atoms. The van der Waals surface area contributed by atoms with Crippen molar-refractivity contribution in [3.8, 4) is 0 Å². The van der Waals surface area contributed by atoms with E-state index in [4.69, 9.17) is 40.2 Å². The van der Waals surface area contributed by atoms with Crippen molar-refractivity contribution in [3.63, 3.8) is 0 Å². The second-order valence-electron chi connectivity index (χ2n) is 1.10. The zero-order valence-electron chi connectivity index (χ0n) is 7.79. The Bertz CT molecular complexity index is 76.1. The number of hydrogen-bond acceptors (Lipinski definition) is 8. The molecule has 104 valence electrons. The third kappa shape index (κ3) is 8430. The molecule has 0 bridgehead atoms. The van der Waals surface area contributed by atoms with Crippen molar-refractivity contribution in [2.75, 3.05) is 0 Å². The molecule has 18 heavy (non-hydrogen) atoms. The standard InChI is InChI=1S/4BFO2.2Fe/c4*2-1(3)4;;/q4*-2;2*+4. The molecule has 0 aromatic heterocycles. The molecule has 0 heterocycles. The van der Waals surface area contributed by atoms with E-state index >= 15 is 0 Å². The van der Waals surface area contributed by atoms with E-state index in [-0.39, 0.29) is 34.1 Å². The topological polar surface area (TPSA) is 184 Å².